The van der Waals surface area contributed by atoms with Gasteiger partial charge in [0.2, 0.25) is 5.91 Å². The summed E-state index contributed by atoms with van der Waals surface area (Å²) in [6.07, 6.45) is 5.83. The van der Waals surface area contributed by atoms with Gasteiger partial charge in [0.25, 0.3) is 0 Å². The lowest BCUT2D eigenvalue weighted by atomic mass is 9.99. The van der Waals surface area contributed by atoms with Gasteiger partial charge in [-0.05, 0) is 5.92 Å². The van der Waals surface area contributed by atoms with E-state index in [1.807, 2.05) is 13.8 Å². The smallest absolute Gasteiger partial charge is 0.323 e. The second kappa shape index (κ2) is 6.85. The molecule has 2 atom stereocenters. The molecule has 0 spiro atoms. The lowest BCUT2D eigenvalue weighted by Crippen LogP contribution is -2.48. The Hall–Kier alpha value is -1.54. The summed E-state index contributed by atoms with van der Waals surface area (Å²) < 4.78 is 0. The largest absolute Gasteiger partial charge is 0.480 e. The Morgan fingerprint density at radius 1 is 1.56 bits per heavy atom. The summed E-state index contributed by atoms with van der Waals surface area (Å²) in [6, 6.07) is -0.697. The average Bonchev–Trinajstić information content (AvgIpc) is 2.24. The zero-order valence-corrected chi connectivity index (χ0v) is 9.64. The van der Waals surface area contributed by atoms with E-state index in [9.17, 15) is 9.59 Å². The third kappa shape index (κ3) is 4.32. The molecule has 1 unspecified atom stereocenters. The minimum absolute atomic E-state index is 0.00145. The molecule has 16 heavy (non-hydrogen) atoms. The third-order valence-corrected chi connectivity index (χ3v) is 2.46. The maximum atomic E-state index is 11.8. The van der Waals surface area contributed by atoms with E-state index in [0.717, 1.165) is 11.3 Å². The first-order valence-electron chi connectivity index (χ1n) is 5.13. The monoisotopic (exact) mass is 226 g/mol. The molecule has 0 aliphatic carbocycles. The molecule has 0 aliphatic rings. The van der Waals surface area contributed by atoms with E-state index in [1.54, 1.807) is 0 Å². The standard InChI is InChI=1S/C11H18N2O3/c1-4-6-13(7-9(14)15)11(16)10(12)8(3)5-2/h1,8,10H,5-7,12H2,2-3H3,(H,14,15)/t8?,10-/m0/s1. The predicted octanol–water partition coefficient (Wildman–Crippen LogP) is -0.0938. The van der Waals surface area contributed by atoms with Gasteiger partial charge in [0, 0.05) is 0 Å². The fourth-order valence-corrected chi connectivity index (χ4v) is 1.19. The van der Waals surface area contributed by atoms with Crippen molar-refractivity contribution in [1.29, 1.82) is 0 Å². The van der Waals surface area contributed by atoms with Gasteiger partial charge in [0.05, 0.1) is 12.6 Å². The summed E-state index contributed by atoms with van der Waals surface area (Å²) in [5.41, 5.74) is 5.73. The third-order valence-electron chi connectivity index (χ3n) is 2.46. The van der Waals surface area contributed by atoms with Gasteiger partial charge in [-0.15, -0.1) is 6.42 Å². The maximum Gasteiger partial charge on any atom is 0.323 e. The molecule has 0 fully saturated rings. The first-order valence-corrected chi connectivity index (χ1v) is 5.13. The van der Waals surface area contributed by atoms with Gasteiger partial charge < -0.3 is 15.7 Å². The van der Waals surface area contributed by atoms with Crippen LogP contribution < -0.4 is 5.73 Å². The Labute approximate surface area is 95.6 Å². The van der Waals surface area contributed by atoms with Crippen molar-refractivity contribution in [3.05, 3.63) is 0 Å². The molecule has 0 aromatic heterocycles. The Morgan fingerprint density at radius 3 is 2.50 bits per heavy atom. The fraction of sp³-hybridized carbons (Fsp3) is 0.636. The van der Waals surface area contributed by atoms with Crippen LogP contribution in [-0.4, -0.2) is 41.0 Å². The van der Waals surface area contributed by atoms with Crippen molar-refractivity contribution in [3.8, 4) is 12.3 Å². The number of carbonyl (C=O) groups excluding carboxylic acids is 1. The number of carbonyl (C=O) groups is 2. The molecule has 90 valence electrons. The van der Waals surface area contributed by atoms with Crippen LogP contribution in [0.5, 0.6) is 0 Å². The number of nitrogens with zero attached hydrogens (tertiary/aromatic N) is 1. The molecule has 0 aromatic carbocycles. The summed E-state index contributed by atoms with van der Waals surface area (Å²) in [4.78, 5) is 23.4. The van der Waals surface area contributed by atoms with E-state index < -0.39 is 24.5 Å². The number of carboxylic acid groups (broad SMARTS) is 1. The Balaban J connectivity index is 4.60. The maximum absolute atomic E-state index is 11.8. The zero-order valence-electron chi connectivity index (χ0n) is 9.64. The molecule has 0 bridgehead atoms. The molecule has 5 nitrogen and oxygen atoms in total. The summed E-state index contributed by atoms with van der Waals surface area (Å²) in [5.74, 6) is 0.749. The molecular weight excluding hydrogens is 208 g/mol. The van der Waals surface area contributed by atoms with E-state index in [1.165, 1.54) is 0 Å². The van der Waals surface area contributed by atoms with E-state index in [4.69, 9.17) is 17.3 Å². The first kappa shape index (κ1) is 14.5. The highest BCUT2D eigenvalue weighted by molar-refractivity contribution is 5.85. The second-order valence-corrected chi connectivity index (χ2v) is 3.70. The van der Waals surface area contributed by atoms with Crippen molar-refractivity contribution in [2.24, 2.45) is 11.7 Å². The molecule has 0 rings (SSSR count). The van der Waals surface area contributed by atoms with Crippen LogP contribution in [0.15, 0.2) is 0 Å². The summed E-state index contributed by atoms with van der Waals surface area (Å²) in [7, 11) is 0. The van der Waals surface area contributed by atoms with Crippen molar-refractivity contribution in [2.45, 2.75) is 26.3 Å². The number of hydrogen-bond donors (Lipinski definition) is 2. The Bertz CT molecular complexity index is 296. The SMILES string of the molecule is C#CCN(CC(=O)O)C(=O)[C@@H](N)C(C)CC. The van der Waals surface area contributed by atoms with Gasteiger partial charge in [0.15, 0.2) is 0 Å². The van der Waals surface area contributed by atoms with Gasteiger partial charge in [-0.3, -0.25) is 9.59 Å². The number of hydrogen-bond acceptors (Lipinski definition) is 3. The van der Waals surface area contributed by atoms with Crippen LogP contribution in [0.2, 0.25) is 0 Å². The molecule has 0 heterocycles. The number of nitrogens with two attached hydrogens (primary N) is 1. The zero-order chi connectivity index (χ0) is 12.7. The number of rotatable bonds is 6. The van der Waals surface area contributed by atoms with Gasteiger partial charge in [-0.25, -0.2) is 0 Å². The molecule has 0 radical (unpaired) electrons. The van der Waals surface area contributed by atoms with Crippen LogP contribution in [0, 0.1) is 18.3 Å². The average molecular weight is 226 g/mol. The van der Waals surface area contributed by atoms with E-state index in [2.05, 4.69) is 5.92 Å². The normalized spacial score (nSPS) is 13.6. The molecule has 0 aromatic rings. The molecule has 3 N–H and O–H groups in total. The van der Waals surface area contributed by atoms with Gasteiger partial charge in [-0.2, -0.15) is 0 Å². The van der Waals surface area contributed by atoms with Crippen molar-refractivity contribution in [3.63, 3.8) is 0 Å². The quantitative estimate of drug-likeness (QED) is 0.620. The lowest BCUT2D eigenvalue weighted by molar-refractivity contribution is -0.145. The van der Waals surface area contributed by atoms with Crippen molar-refractivity contribution in [2.75, 3.05) is 13.1 Å². The van der Waals surface area contributed by atoms with E-state index >= 15 is 0 Å². The highest BCUT2D eigenvalue weighted by atomic mass is 16.4. The van der Waals surface area contributed by atoms with Crippen LogP contribution in [-0.2, 0) is 9.59 Å². The summed E-state index contributed by atoms with van der Waals surface area (Å²) in [6.45, 7) is 3.32. The fourth-order valence-electron chi connectivity index (χ4n) is 1.19. The molecule has 0 saturated carbocycles. The van der Waals surface area contributed by atoms with Gasteiger partial charge in [0.1, 0.15) is 6.54 Å². The molecular formula is C11H18N2O3. The minimum atomic E-state index is -1.10. The predicted molar refractivity (Wildman–Crippen MR) is 60.5 cm³/mol. The van der Waals surface area contributed by atoms with Crippen molar-refractivity contribution in [1.82, 2.24) is 4.90 Å². The number of terminal acetylenes is 1. The van der Waals surface area contributed by atoms with E-state index in [-0.39, 0.29) is 12.5 Å². The van der Waals surface area contributed by atoms with Gasteiger partial charge >= 0.3 is 5.97 Å². The molecule has 0 aliphatic heterocycles. The minimum Gasteiger partial charge on any atom is -0.480 e. The number of carboxylic acids is 1. The van der Waals surface area contributed by atoms with Crippen LogP contribution in [0.4, 0.5) is 0 Å². The van der Waals surface area contributed by atoms with Crippen LogP contribution in [0.1, 0.15) is 20.3 Å². The van der Waals surface area contributed by atoms with E-state index in [0.29, 0.717) is 0 Å². The summed E-state index contributed by atoms with van der Waals surface area (Å²) in [5, 5.41) is 8.63. The second-order valence-electron chi connectivity index (χ2n) is 3.70. The van der Waals surface area contributed by atoms with Gasteiger partial charge in [-0.1, -0.05) is 26.2 Å². The van der Waals surface area contributed by atoms with Crippen LogP contribution in [0.25, 0.3) is 0 Å². The highest BCUT2D eigenvalue weighted by Crippen LogP contribution is 2.08. The molecule has 0 saturated heterocycles. The topological polar surface area (TPSA) is 83.6 Å². The van der Waals surface area contributed by atoms with Crippen LogP contribution >= 0.6 is 0 Å². The van der Waals surface area contributed by atoms with Crippen molar-refractivity contribution >= 4 is 11.9 Å². The highest BCUT2D eigenvalue weighted by Gasteiger charge is 2.25. The first-order chi connectivity index (χ1) is 7.43. The molecule has 1 amide bonds. The Kier molecular flexibility index (Phi) is 6.19. The lowest BCUT2D eigenvalue weighted by Gasteiger charge is -2.25. The number of amides is 1. The Morgan fingerprint density at radius 2 is 2.12 bits per heavy atom. The summed E-state index contributed by atoms with van der Waals surface area (Å²) >= 11 is 0. The molecule has 5 heteroatoms. The van der Waals surface area contributed by atoms with Crippen LogP contribution in [0.3, 0.4) is 0 Å². The van der Waals surface area contributed by atoms with Crippen molar-refractivity contribution < 1.29 is 14.7 Å². The number of aliphatic carboxylic acids is 1.